The first-order valence-electron chi connectivity index (χ1n) is 6.96. The van der Waals surface area contributed by atoms with E-state index in [1.807, 2.05) is 13.8 Å². The van der Waals surface area contributed by atoms with Crippen LogP contribution in [0.4, 0.5) is 15.6 Å². The van der Waals surface area contributed by atoms with E-state index in [-0.39, 0.29) is 0 Å². The van der Waals surface area contributed by atoms with Gasteiger partial charge >= 0.3 is 6.03 Å². The Kier molecular flexibility index (Phi) is 5.62. The third kappa shape index (κ3) is 3.83. The molecule has 2 amide bonds. The van der Waals surface area contributed by atoms with E-state index < -0.39 is 6.03 Å². The SMILES string of the molecule is CCOc1cc(OCC)c(N(C(N)=O)c2nnc(C)s2)cc1Cl. The van der Waals surface area contributed by atoms with E-state index in [0.717, 1.165) is 0 Å². The van der Waals surface area contributed by atoms with E-state index in [2.05, 4.69) is 10.2 Å². The summed E-state index contributed by atoms with van der Waals surface area (Å²) in [5.74, 6) is 0.895. The summed E-state index contributed by atoms with van der Waals surface area (Å²) in [5.41, 5.74) is 5.91. The number of aryl methyl sites for hydroxylation is 1. The Labute approximate surface area is 143 Å². The van der Waals surface area contributed by atoms with Gasteiger partial charge in [0.2, 0.25) is 5.13 Å². The Balaban J connectivity index is 2.57. The second-order valence-corrected chi connectivity index (χ2v) is 5.96. The van der Waals surface area contributed by atoms with Crippen LogP contribution in [-0.2, 0) is 0 Å². The minimum Gasteiger partial charge on any atom is -0.492 e. The number of benzene rings is 1. The molecule has 0 aliphatic heterocycles. The Bertz CT molecular complexity index is 707. The summed E-state index contributed by atoms with van der Waals surface area (Å²) in [4.78, 5) is 13.2. The lowest BCUT2D eigenvalue weighted by Crippen LogP contribution is -2.31. The molecule has 2 N–H and O–H groups in total. The largest absolute Gasteiger partial charge is 0.492 e. The fourth-order valence-electron chi connectivity index (χ4n) is 1.93. The Morgan fingerprint density at radius 3 is 2.43 bits per heavy atom. The highest BCUT2D eigenvalue weighted by Gasteiger charge is 2.24. The van der Waals surface area contributed by atoms with Crippen LogP contribution in [0.2, 0.25) is 5.02 Å². The molecular weight excluding hydrogens is 340 g/mol. The van der Waals surface area contributed by atoms with E-state index in [1.165, 1.54) is 16.2 Å². The molecule has 0 aliphatic carbocycles. The van der Waals surface area contributed by atoms with Gasteiger partial charge in [-0.25, -0.2) is 9.69 Å². The molecule has 0 atom stereocenters. The summed E-state index contributed by atoms with van der Waals surface area (Å²) >= 11 is 7.47. The zero-order valence-electron chi connectivity index (χ0n) is 13.0. The molecule has 2 aromatic rings. The molecule has 0 unspecified atom stereocenters. The van der Waals surface area contributed by atoms with E-state index in [9.17, 15) is 4.79 Å². The summed E-state index contributed by atoms with van der Waals surface area (Å²) < 4.78 is 11.1. The van der Waals surface area contributed by atoms with Crippen LogP contribution in [-0.4, -0.2) is 29.4 Å². The summed E-state index contributed by atoms with van der Waals surface area (Å²) in [6, 6.07) is 2.50. The Morgan fingerprint density at radius 2 is 1.91 bits per heavy atom. The van der Waals surface area contributed by atoms with E-state index in [1.54, 1.807) is 19.1 Å². The minimum absolute atomic E-state index is 0.344. The molecule has 0 bridgehead atoms. The van der Waals surface area contributed by atoms with Crippen molar-refractivity contribution in [1.82, 2.24) is 10.2 Å². The van der Waals surface area contributed by atoms with Crippen molar-refractivity contribution in [2.45, 2.75) is 20.8 Å². The standard InChI is InChI=1S/C14H17ClN4O3S/c1-4-21-11-7-12(22-5-2)10(6-9(11)15)19(13(16)20)14-18-17-8(3)23-14/h6-7H,4-5H2,1-3H3,(H2,16,20). The van der Waals surface area contributed by atoms with E-state index >= 15 is 0 Å². The number of amides is 2. The molecule has 0 spiro atoms. The number of halogens is 1. The summed E-state index contributed by atoms with van der Waals surface area (Å²) in [5, 5.41) is 9.28. The highest BCUT2D eigenvalue weighted by atomic mass is 35.5. The van der Waals surface area contributed by atoms with Crippen molar-refractivity contribution in [3.63, 3.8) is 0 Å². The average Bonchev–Trinajstić information content (AvgIpc) is 2.90. The molecule has 0 fully saturated rings. The predicted molar refractivity (Wildman–Crippen MR) is 90.2 cm³/mol. The van der Waals surface area contributed by atoms with Crippen LogP contribution >= 0.6 is 22.9 Å². The Morgan fingerprint density at radius 1 is 1.26 bits per heavy atom. The first kappa shape index (κ1) is 17.3. The fraction of sp³-hybridized carbons (Fsp3) is 0.357. The lowest BCUT2D eigenvalue weighted by Gasteiger charge is -2.21. The molecule has 2 rings (SSSR count). The van der Waals surface area contributed by atoms with Gasteiger partial charge in [0.25, 0.3) is 0 Å². The zero-order valence-corrected chi connectivity index (χ0v) is 14.6. The molecule has 1 heterocycles. The van der Waals surface area contributed by atoms with Crippen molar-refractivity contribution in [2.24, 2.45) is 5.73 Å². The van der Waals surface area contributed by atoms with Gasteiger partial charge in [-0.3, -0.25) is 0 Å². The number of ether oxygens (including phenoxy) is 2. The maximum absolute atomic E-state index is 11.9. The van der Waals surface area contributed by atoms with Crippen molar-refractivity contribution in [2.75, 3.05) is 18.1 Å². The van der Waals surface area contributed by atoms with Crippen LogP contribution in [0.15, 0.2) is 12.1 Å². The van der Waals surface area contributed by atoms with Gasteiger partial charge in [0.05, 0.1) is 23.9 Å². The molecule has 1 aromatic carbocycles. The van der Waals surface area contributed by atoms with Crippen LogP contribution in [0.25, 0.3) is 0 Å². The number of primary amides is 1. The van der Waals surface area contributed by atoms with Gasteiger partial charge in [0.15, 0.2) is 0 Å². The van der Waals surface area contributed by atoms with E-state index in [0.29, 0.717) is 45.6 Å². The molecule has 0 radical (unpaired) electrons. The van der Waals surface area contributed by atoms with Gasteiger partial charge in [0, 0.05) is 6.07 Å². The van der Waals surface area contributed by atoms with Gasteiger partial charge in [-0.05, 0) is 26.8 Å². The van der Waals surface area contributed by atoms with Gasteiger partial charge < -0.3 is 15.2 Å². The molecular formula is C14H17ClN4O3S. The molecule has 9 heteroatoms. The second-order valence-electron chi connectivity index (χ2n) is 4.39. The monoisotopic (exact) mass is 356 g/mol. The first-order valence-corrected chi connectivity index (χ1v) is 8.16. The number of carbonyl (C=O) groups excluding carboxylic acids is 1. The van der Waals surface area contributed by atoms with Crippen molar-refractivity contribution in [3.05, 3.63) is 22.2 Å². The number of rotatable bonds is 6. The first-order chi connectivity index (χ1) is 11.0. The van der Waals surface area contributed by atoms with Crippen molar-refractivity contribution < 1.29 is 14.3 Å². The second kappa shape index (κ2) is 7.47. The highest BCUT2D eigenvalue weighted by molar-refractivity contribution is 7.15. The van der Waals surface area contributed by atoms with Gasteiger partial charge in [-0.1, -0.05) is 22.9 Å². The van der Waals surface area contributed by atoms with Crippen LogP contribution in [0.1, 0.15) is 18.9 Å². The fourth-order valence-corrected chi connectivity index (χ4v) is 2.85. The number of carbonyl (C=O) groups is 1. The maximum Gasteiger partial charge on any atom is 0.325 e. The number of nitrogens with two attached hydrogens (primary N) is 1. The normalized spacial score (nSPS) is 10.4. The molecule has 7 nitrogen and oxygen atoms in total. The number of anilines is 2. The van der Waals surface area contributed by atoms with Gasteiger partial charge in [-0.15, -0.1) is 10.2 Å². The van der Waals surface area contributed by atoms with Crippen LogP contribution in [0.3, 0.4) is 0 Å². The smallest absolute Gasteiger partial charge is 0.325 e. The molecule has 0 aliphatic rings. The van der Waals surface area contributed by atoms with Gasteiger partial charge in [-0.2, -0.15) is 0 Å². The highest BCUT2D eigenvalue weighted by Crippen LogP contribution is 2.41. The van der Waals surface area contributed by atoms with Crippen molar-refractivity contribution >= 4 is 39.8 Å². The molecule has 124 valence electrons. The zero-order chi connectivity index (χ0) is 17.0. The molecule has 23 heavy (non-hydrogen) atoms. The maximum atomic E-state index is 11.9. The minimum atomic E-state index is -0.706. The topological polar surface area (TPSA) is 90.6 Å². The van der Waals surface area contributed by atoms with Crippen LogP contribution in [0, 0.1) is 6.92 Å². The van der Waals surface area contributed by atoms with E-state index in [4.69, 9.17) is 26.8 Å². The molecule has 0 saturated carbocycles. The van der Waals surface area contributed by atoms with Gasteiger partial charge in [0.1, 0.15) is 16.5 Å². The molecule has 0 saturated heterocycles. The average molecular weight is 357 g/mol. The lowest BCUT2D eigenvalue weighted by molar-refractivity contribution is 0.255. The molecule has 1 aromatic heterocycles. The van der Waals surface area contributed by atoms with Crippen LogP contribution in [0.5, 0.6) is 11.5 Å². The third-order valence-corrected chi connectivity index (χ3v) is 3.90. The summed E-state index contributed by atoms with van der Waals surface area (Å²) in [7, 11) is 0. The number of hydrogen-bond acceptors (Lipinski definition) is 6. The predicted octanol–water partition coefficient (Wildman–Crippen LogP) is 3.51. The van der Waals surface area contributed by atoms with Crippen LogP contribution < -0.4 is 20.1 Å². The van der Waals surface area contributed by atoms with Crippen molar-refractivity contribution in [3.8, 4) is 11.5 Å². The number of aromatic nitrogens is 2. The third-order valence-electron chi connectivity index (χ3n) is 2.78. The number of nitrogens with zero attached hydrogens (tertiary/aromatic N) is 3. The summed E-state index contributed by atoms with van der Waals surface area (Å²) in [6.07, 6.45) is 0. The summed E-state index contributed by atoms with van der Waals surface area (Å²) in [6.45, 7) is 6.34. The van der Waals surface area contributed by atoms with Crippen molar-refractivity contribution in [1.29, 1.82) is 0 Å². The number of urea groups is 1. The quantitative estimate of drug-likeness (QED) is 0.855. The Hall–Kier alpha value is -2.06. The lowest BCUT2D eigenvalue weighted by atomic mass is 10.2. The number of hydrogen-bond donors (Lipinski definition) is 1.